The Kier molecular flexibility index (Phi) is 4.83. The van der Waals surface area contributed by atoms with Gasteiger partial charge in [-0.25, -0.2) is 4.98 Å². The van der Waals surface area contributed by atoms with Crippen molar-refractivity contribution >= 4 is 16.5 Å². The van der Waals surface area contributed by atoms with E-state index in [9.17, 15) is 0 Å². The van der Waals surface area contributed by atoms with E-state index in [-0.39, 0.29) is 0 Å². The summed E-state index contributed by atoms with van der Waals surface area (Å²) < 4.78 is 0. The van der Waals surface area contributed by atoms with Crippen molar-refractivity contribution in [2.45, 2.75) is 26.4 Å². The molecule has 4 nitrogen and oxygen atoms in total. The van der Waals surface area contributed by atoms with Crippen LogP contribution in [0.2, 0.25) is 0 Å². The zero-order valence-corrected chi connectivity index (χ0v) is 15.3. The molecule has 128 valence electrons. The van der Waals surface area contributed by atoms with Crippen LogP contribution < -0.4 is 4.90 Å². The third kappa shape index (κ3) is 3.48. The van der Waals surface area contributed by atoms with Gasteiger partial charge in [0.1, 0.15) is 0 Å². The maximum Gasteiger partial charge on any atom is 0.185 e. The highest BCUT2D eigenvalue weighted by Gasteiger charge is 2.24. The molecule has 0 radical (unpaired) electrons. The molecule has 1 saturated heterocycles. The van der Waals surface area contributed by atoms with Crippen LogP contribution in [-0.2, 0) is 19.5 Å². The lowest BCUT2D eigenvalue weighted by Crippen LogP contribution is -2.46. The van der Waals surface area contributed by atoms with Crippen molar-refractivity contribution in [3.63, 3.8) is 0 Å². The number of rotatable bonds is 4. The van der Waals surface area contributed by atoms with Crippen LogP contribution in [0.25, 0.3) is 0 Å². The summed E-state index contributed by atoms with van der Waals surface area (Å²) in [4.78, 5) is 14.0. The third-order valence-electron chi connectivity index (χ3n) is 5.14. The molecule has 0 bridgehead atoms. The molecule has 2 aromatic rings. The molecule has 1 aromatic heterocycles. The van der Waals surface area contributed by atoms with E-state index in [1.165, 1.54) is 34.4 Å². The van der Waals surface area contributed by atoms with E-state index in [4.69, 9.17) is 4.98 Å². The lowest BCUT2D eigenvalue weighted by molar-refractivity contribution is 0.247. The first-order valence-electron chi connectivity index (χ1n) is 9.04. The van der Waals surface area contributed by atoms with Crippen LogP contribution in [-0.4, -0.2) is 54.1 Å². The summed E-state index contributed by atoms with van der Waals surface area (Å²) in [5, 5.41) is 1.25. The molecule has 0 amide bonds. The van der Waals surface area contributed by atoms with Crippen LogP contribution in [0, 0.1) is 0 Å². The van der Waals surface area contributed by atoms with Gasteiger partial charge in [-0.15, -0.1) is 11.3 Å². The summed E-state index contributed by atoms with van der Waals surface area (Å²) in [6.45, 7) is 11.2. The SMILES string of the molecule is CCN1CCN(c2nc3c(s2)CN(Cc2ccccc2)CC3)CC1. The van der Waals surface area contributed by atoms with Gasteiger partial charge in [-0.3, -0.25) is 4.90 Å². The topological polar surface area (TPSA) is 22.6 Å². The molecule has 4 rings (SSSR count). The van der Waals surface area contributed by atoms with Gasteiger partial charge in [-0.1, -0.05) is 37.3 Å². The van der Waals surface area contributed by atoms with Gasteiger partial charge < -0.3 is 9.80 Å². The molecule has 2 aliphatic rings. The minimum absolute atomic E-state index is 1.04. The van der Waals surface area contributed by atoms with Crippen molar-refractivity contribution < 1.29 is 0 Å². The zero-order valence-electron chi connectivity index (χ0n) is 14.4. The quantitative estimate of drug-likeness (QED) is 0.852. The van der Waals surface area contributed by atoms with Crippen molar-refractivity contribution in [1.82, 2.24) is 14.8 Å². The highest BCUT2D eigenvalue weighted by atomic mass is 32.1. The number of fused-ring (bicyclic) bond motifs is 1. The van der Waals surface area contributed by atoms with Gasteiger partial charge >= 0.3 is 0 Å². The number of nitrogens with zero attached hydrogens (tertiary/aromatic N) is 4. The predicted octanol–water partition coefficient (Wildman–Crippen LogP) is 2.84. The van der Waals surface area contributed by atoms with Gasteiger partial charge in [-0.2, -0.15) is 0 Å². The van der Waals surface area contributed by atoms with Crippen molar-refractivity contribution in [3.8, 4) is 0 Å². The monoisotopic (exact) mass is 342 g/mol. The Morgan fingerprint density at radius 3 is 2.54 bits per heavy atom. The first kappa shape index (κ1) is 16.1. The minimum atomic E-state index is 1.04. The van der Waals surface area contributed by atoms with Crippen LogP contribution in [0.1, 0.15) is 23.1 Å². The predicted molar refractivity (Wildman–Crippen MR) is 101 cm³/mol. The van der Waals surface area contributed by atoms with Gasteiger partial charge in [-0.05, 0) is 12.1 Å². The van der Waals surface area contributed by atoms with Gasteiger partial charge in [0.25, 0.3) is 0 Å². The average Bonchev–Trinajstić information content (AvgIpc) is 3.06. The fraction of sp³-hybridized carbons (Fsp3) is 0.526. The summed E-state index contributed by atoms with van der Waals surface area (Å²) in [6.07, 6.45) is 1.09. The smallest absolute Gasteiger partial charge is 0.185 e. The fourth-order valence-corrected chi connectivity index (χ4v) is 4.80. The Balaban J connectivity index is 1.41. The largest absolute Gasteiger partial charge is 0.346 e. The molecule has 0 N–H and O–H groups in total. The molecule has 5 heteroatoms. The number of hydrogen-bond donors (Lipinski definition) is 0. The van der Waals surface area contributed by atoms with Gasteiger partial charge in [0.05, 0.1) is 5.69 Å². The molecule has 0 unspecified atom stereocenters. The van der Waals surface area contributed by atoms with E-state index in [2.05, 4.69) is 52.0 Å². The Morgan fingerprint density at radius 1 is 1.00 bits per heavy atom. The number of aromatic nitrogens is 1. The van der Waals surface area contributed by atoms with Crippen molar-refractivity contribution in [3.05, 3.63) is 46.5 Å². The van der Waals surface area contributed by atoms with Crippen LogP contribution >= 0.6 is 11.3 Å². The van der Waals surface area contributed by atoms with E-state index in [1.54, 1.807) is 0 Å². The van der Waals surface area contributed by atoms with Gasteiger partial charge in [0, 0.05) is 57.1 Å². The molecular weight excluding hydrogens is 316 g/mol. The first-order chi connectivity index (χ1) is 11.8. The van der Waals surface area contributed by atoms with Gasteiger partial charge in [0.2, 0.25) is 0 Å². The van der Waals surface area contributed by atoms with Gasteiger partial charge in [0.15, 0.2) is 5.13 Å². The summed E-state index contributed by atoms with van der Waals surface area (Å²) in [6, 6.07) is 10.8. The van der Waals surface area contributed by atoms with Crippen LogP contribution in [0.4, 0.5) is 5.13 Å². The number of likely N-dealkylation sites (N-methyl/N-ethyl adjacent to an activating group) is 1. The first-order valence-corrected chi connectivity index (χ1v) is 9.85. The van der Waals surface area contributed by atoms with Crippen molar-refractivity contribution in [1.29, 1.82) is 0 Å². The van der Waals surface area contributed by atoms with Crippen molar-refractivity contribution in [2.24, 2.45) is 0 Å². The molecule has 1 fully saturated rings. The van der Waals surface area contributed by atoms with Crippen LogP contribution in [0.15, 0.2) is 30.3 Å². The van der Waals surface area contributed by atoms with Crippen molar-refractivity contribution in [2.75, 3.05) is 44.2 Å². The van der Waals surface area contributed by atoms with E-state index < -0.39 is 0 Å². The highest BCUT2D eigenvalue weighted by Crippen LogP contribution is 2.31. The summed E-state index contributed by atoms with van der Waals surface area (Å²) >= 11 is 1.92. The second kappa shape index (κ2) is 7.21. The second-order valence-electron chi connectivity index (χ2n) is 6.73. The Bertz CT molecular complexity index is 661. The summed E-state index contributed by atoms with van der Waals surface area (Å²) in [5.41, 5.74) is 2.75. The average molecular weight is 343 g/mol. The molecule has 2 aliphatic heterocycles. The van der Waals surface area contributed by atoms with E-state index in [0.717, 1.165) is 45.7 Å². The molecule has 0 aliphatic carbocycles. The fourth-order valence-electron chi connectivity index (χ4n) is 3.60. The zero-order chi connectivity index (χ0) is 16.4. The lowest BCUT2D eigenvalue weighted by Gasteiger charge is -2.33. The van der Waals surface area contributed by atoms with E-state index in [1.807, 2.05) is 11.3 Å². The maximum absolute atomic E-state index is 4.97. The number of thiazole rings is 1. The molecule has 0 atom stereocenters. The number of hydrogen-bond acceptors (Lipinski definition) is 5. The number of anilines is 1. The van der Waals surface area contributed by atoms with E-state index in [0.29, 0.717) is 0 Å². The highest BCUT2D eigenvalue weighted by molar-refractivity contribution is 7.15. The standard InChI is InChI=1S/C19H26N4S/c1-2-21-10-12-23(13-11-21)19-20-17-8-9-22(15-18(17)24-19)14-16-6-4-3-5-7-16/h3-7H,2,8-15H2,1H3. The minimum Gasteiger partial charge on any atom is -0.346 e. The Labute approximate surface area is 148 Å². The molecule has 1 aromatic carbocycles. The second-order valence-corrected chi connectivity index (χ2v) is 7.80. The molecular formula is C19H26N4S. The van der Waals surface area contributed by atoms with E-state index >= 15 is 0 Å². The summed E-state index contributed by atoms with van der Waals surface area (Å²) in [5.74, 6) is 0. The Hall–Kier alpha value is -1.43. The van der Waals surface area contributed by atoms with Crippen LogP contribution in [0.5, 0.6) is 0 Å². The third-order valence-corrected chi connectivity index (χ3v) is 6.28. The maximum atomic E-state index is 4.97. The number of piperazine rings is 1. The van der Waals surface area contributed by atoms with Crippen LogP contribution in [0.3, 0.4) is 0 Å². The molecule has 24 heavy (non-hydrogen) atoms. The Morgan fingerprint density at radius 2 is 1.79 bits per heavy atom. The summed E-state index contributed by atoms with van der Waals surface area (Å²) in [7, 11) is 0. The number of benzene rings is 1. The molecule has 3 heterocycles. The normalized spacial score (nSPS) is 19.5. The lowest BCUT2D eigenvalue weighted by atomic mass is 10.1. The molecule has 0 saturated carbocycles. The molecule has 0 spiro atoms.